The van der Waals surface area contributed by atoms with Crippen molar-refractivity contribution in [2.75, 3.05) is 13.1 Å². The molecule has 5 heteroatoms. The van der Waals surface area contributed by atoms with Gasteiger partial charge in [0.2, 0.25) is 0 Å². The monoisotopic (exact) mass is 422 g/mol. The van der Waals surface area contributed by atoms with Crippen molar-refractivity contribution in [2.24, 2.45) is 5.92 Å². The number of hydrogen-bond acceptors (Lipinski definition) is 4. The van der Waals surface area contributed by atoms with Gasteiger partial charge in [-0.05, 0) is 55.6 Å². The quantitative estimate of drug-likeness (QED) is 0.464. The molecule has 2 aliphatic rings. The highest BCUT2D eigenvalue weighted by Crippen LogP contribution is 2.50. The molecule has 2 aromatic carbocycles. The lowest BCUT2D eigenvalue weighted by molar-refractivity contribution is 0.163. The SMILES string of the molecule is c1cncc(-c2ccc3c(c2)Oc2ccccc2C3C2CCN(Cc3ncc[nH]3)CC2)c1. The molecule has 2 aliphatic heterocycles. The van der Waals surface area contributed by atoms with Crippen LogP contribution in [0.1, 0.15) is 35.7 Å². The van der Waals surface area contributed by atoms with Crippen LogP contribution in [0.25, 0.3) is 11.1 Å². The number of nitrogens with zero attached hydrogens (tertiary/aromatic N) is 3. The highest BCUT2D eigenvalue weighted by Gasteiger charge is 2.35. The van der Waals surface area contributed by atoms with Crippen LogP contribution in [0.5, 0.6) is 11.5 Å². The Labute approximate surface area is 188 Å². The van der Waals surface area contributed by atoms with E-state index in [1.165, 1.54) is 24.0 Å². The minimum atomic E-state index is 0.365. The van der Waals surface area contributed by atoms with Crippen molar-refractivity contribution in [1.29, 1.82) is 0 Å². The summed E-state index contributed by atoms with van der Waals surface area (Å²) >= 11 is 0. The molecule has 1 N–H and O–H groups in total. The second-order valence-electron chi connectivity index (χ2n) is 8.76. The van der Waals surface area contributed by atoms with Crippen molar-refractivity contribution >= 4 is 0 Å². The van der Waals surface area contributed by atoms with Crippen LogP contribution in [0.2, 0.25) is 0 Å². The van der Waals surface area contributed by atoms with Crippen molar-refractivity contribution < 1.29 is 4.74 Å². The van der Waals surface area contributed by atoms with Gasteiger partial charge in [-0.25, -0.2) is 4.98 Å². The summed E-state index contributed by atoms with van der Waals surface area (Å²) in [6.07, 6.45) is 9.79. The molecular weight excluding hydrogens is 396 g/mol. The van der Waals surface area contributed by atoms with Crippen LogP contribution in [0.4, 0.5) is 0 Å². The summed E-state index contributed by atoms with van der Waals surface area (Å²) < 4.78 is 6.41. The van der Waals surface area contributed by atoms with Crippen LogP contribution in [0.3, 0.4) is 0 Å². The lowest BCUT2D eigenvalue weighted by atomic mass is 9.74. The van der Waals surface area contributed by atoms with Crippen LogP contribution >= 0.6 is 0 Å². The molecule has 4 heterocycles. The maximum Gasteiger partial charge on any atom is 0.131 e. The third-order valence-electron chi connectivity index (χ3n) is 6.85. The number of aromatic nitrogens is 3. The Morgan fingerprint density at radius 3 is 2.59 bits per heavy atom. The number of ether oxygens (including phenoxy) is 1. The maximum absolute atomic E-state index is 6.41. The lowest BCUT2D eigenvalue weighted by Crippen LogP contribution is -2.36. The summed E-state index contributed by atoms with van der Waals surface area (Å²) in [5.74, 6) is 3.98. The van der Waals surface area contributed by atoms with Gasteiger partial charge in [-0.15, -0.1) is 0 Å². The first-order valence-electron chi connectivity index (χ1n) is 11.4. The van der Waals surface area contributed by atoms with E-state index in [9.17, 15) is 0 Å². The summed E-state index contributed by atoms with van der Waals surface area (Å²) in [6, 6.07) is 19.3. The molecule has 1 saturated heterocycles. The lowest BCUT2D eigenvalue weighted by Gasteiger charge is -2.39. The number of H-pyrrole nitrogens is 1. The highest BCUT2D eigenvalue weighted by atomic mass is 16.5. The minimum absolute atomic E-state index is 0.365. The molecule has 0 amide bonds. The first kappa shape index (κ1) is 19.3. The number of benzene rings is 2. The minimum Gasteiger partial charge on any atom is -0.457 e. The molecule has 0 bridgehead atoms. The van der Waals surface area contributed by atoms with E-state index in [1.54, 1.807) is 0 Å². The fourth-order valence-corrected chi connectivity index (χ4v) is 5.26. The van der Waals surface area contributed by atoms with E-state index in [0.29, 0.717) is 11.8 Å². The van der Waals surface area contributed by atoms with Gasteiger partial charge in [-0.1, -0.05) is 36.4 Å². The van der Waals surface area contributed by atoms with Gasteiger partial charge in [-0.2, -0.15) is 0 Å². The molecule has 160 valence electrons. The Morgan fingerprint density at radius 2 is 1.78 bits per heavy atom. The number of aromatic amines is 1. The van der Waals surface area contributed by atoms with Crippen LogP contribution in [0.15, 0.2) is 79.4 Å². The highest BCUT2D eigenvalue weighted by molar-refractivity contribution is 5.67. The van der Waals surface area contributed by atoms with Crippen molar-refractivity contribution in [1.82, 2.24) is 19.9 Å². The Hall–Kier alpha value is -3.44. The second kappa shape index (κ2) is 8.24. The fraction of sp³-hybridized carbons (Fsp3) is 0.259. The van der Waals surface area contributed by atoms with Gasteiger partial charge in [-0.3, -0.25) is 9.88 Å². The smallest absolute Gasteiger partial charge is 0.131 e. The second-order valence-corrected chi connectivity index (χ2v) is 8.76. The standard InChI is InChI=1S/C27H26N4O/c1-2-6-24-22(5-1)27(19-9-14-31(15-10-19)18-26-29-12-13-30-26)23-8-7-20(16-25(23)32-24)21-4-3-11-28-17-21/h1-8,11-13,16-17,19,27H,9-10,14-15,18H2,(H,29,30). The fourth-order valence-electron chi connectivity index (χ4n) is 5.26. The van der Waals surface area contributed by atoms with Crippen LogP contribution in [-0.2, 0) is 6.54 Å². The number of pyridine rings is 1. The number of hydrogen-bond donors (Lipinski definition) is 1. The van der Waals surface area contributed by atoms with Gasteiger partial charge in [0.15, 0.2) is 0 Å². The molecule has 1 atom stereocenters. The van der Waals surface area contributed by atoms with Gasteiger partial charge >= 0.3 is 0 Å². The third kappa shape index (κ3) is 3.59. The predicted molar refractivity (Wildman–Crippen MR) is 125 cm³/mol. The van der Waals surface area contributed by atoms with Gasteiger partial charge in [0, 0.05) is 47.4 Å². The molecule has 6 rings (SSSR count). The van der Waals surface area contributed by atoms with E-state index < -0.39 is 0 Å². The van der Waals surface area contributed by atoms with Gasteiger partial charge < -0.3 is 9.72 Å². The van der Waals surface area contributed by atoms with Crippen molar-refractivity contribution in [2.45, 2.75) is 25.3 Å². The molecule has 4 aromatic rings. The zero-order valence-corrected chi connectivity index (χ0v) is 17.9. The molecule has 5 nitrogen and oxygen atoms in total. The molecule has 32 heavy (non-hydrogen) atoms. The summed E-state index contributed by atoms with van der Waals surface area (Å²) in [5, 5.41) is 0. The van der Waals surface area contributed by atoms with Crippen LogP contribution in [-0.4, -0.2) is 32.9 Å². The topological polar surface area (TPSA) is 54.0 Å². The number of likely N-dealkylation sites (tertiary alicyclic amines) is 1. The Morgan fingerprint density at radius 1 is 0.906 bits per heavy atom. The molecular formula is C27H26N4O. The molecule has 1 unspecified atom stereocenters. The summed E-state index contributed by atoms with van der Waals surface area (Å²) in [5.41, 5.74) is 4.88. The summed E-state index contributed by atoms with van der Waals surface area (Å²) in [4.78, 5) is 14.4. The largest absolute Gasteiger partial charge is 0.457 e. The van der Waals surface area contributed by atoms with Crippen LogP contribution < -0.4 is 4.74 Å². The average Bonchev–Trinajstić information content (AvgIpc) is 3.36. The number of rotatable bonds is 4. The average molecular weight is 423 g/mol. The number of piperidine rings is 1. The van der Waals surface area contributed by atoms with E-state index in [1.807, 2.05) is 30.9 Å². The van der Waals surface area contributed by atoms with E-state index in [0.717, 1.165) is 48.1 Å². The Bertz CT molecular complexity index is 1200. The zero-order chi connectivity index (χ0) is 21.3. The predicted octanol–water partition coefficient (Wildman–Crippen LogP) is 5.62. The molecule has 1 fully saturated rings. The number of para-hydroxylation sites is 1. The first-order chi connectivity index (χ1) is 15.8. The van der Waals surface area contributed by atoms with Gasteiger partial charge in [0.25, 0.3) is 0 Å². The first-order valence-corrected chi connectivity index (χ1v) is 11.4. The van der Waals surface area contributed by atoms with E-state index in [4.69, 9.17) is 4.74 Å². The molecule has 0 radical (unpaired) electrons. The molecule has 0 spiro atoms. The number of imidazole rings is 1. The molecule has 0 aliphatic carbocycles. The third-order valence-corrected chi connectivity index (χ3v) is 6.85. The Balaban J connectivity index is 1.29. The van der Waals surface area contributed by atoms with Gasteiger partial charge in [0.05, 0.1) is 6.54 Å². The van der Waals surface area contributed by atoms with Crippen LogP contribution in [0, 0.1) is 5.92 Å². The zero-order valence-electron chi connectivity index (χ0n) is 17.9. The Kier molecular flexibility index (Phi) is 4.96. The number of fused-ring (bicyclic) bond motifs is 2. The van der Waals surface area contributed by atoms with E-state index in [2.05, 4.69) is 68.4 Å². The number of nitrogens with one attached hydrogen (secondary N) is 1. The van der Waals surface area contributed by atoms with E-state index >= 15 is 0 Å². The maximum atomic E-state index is 6.41. The molecule has 0 saturated carbocycles. The molecule has 2 aromatic heterocycles. The normalized spacial score (nSPS) is 18.6. The van der Waals surface area contributed by atoms with E-state index in [-0.39, 0.29) is 0 Å². The van der Waals surface area contributed by atoms with Gasteiger partial charge in [0.1, 0.15) is 17.3 Å². The summed E-state index contributed by atoms with van der Waals surface area (Å²) in [7, 11) is 0. The summed E-state index contributed by atoms with van der Waals surface area (Å²) in [6.45, 7) is 3.08. The van der Waals surface area contributed by atoms with Crippen molar-refractivity contribution in [3.8, 4) is 22.6 Å². The van der Waals surface area contributed by atoms with Crippen molar-refractivity contribution in [3.05, 3.63) is 96.3 Å². The van der Waals surface area contributed by atoms with Crippen molar-refractivity contribution in [3.63, 3.8) is 0 Å².